The van der Waals surface area contributed by atoms with Crippen LogP contribution in [0.15, 0.2) is 0 Å². The first-order valence-electron chi connectivity index (χ1n) is 8.22. The molecule has 9 heteroatoms. The van der Waals surface area contributed by atoms with Gasteiger partial charge in [-0.2, -0.15) is 0 Å². The summed E-state index contributed by atoms with van der Waals surface area (Å²) in [5, 5.41) is 2.81. The SMILES string of the molecule is CCCCS(=O)(=O)N1CCC(C(=O)NC2CCS(=O)(=O)C2)CC1. The van der Waals surface area contributed by atoms with E-state index in [0.29, 0.717) is 38.8 Å². The molecule has 2 heterocycles. The van der Waals surface area contributed by atoms with E-state index in [1.807, 2.05) is 6.92 Å². The van der Waals surface area contributed by atoms with E-state index >= 15 is 0 Å². The first kappa shape index (κ1) is 18.7. The maximum absolute atomic E-state index is 12.2. The van der Waals surface area contributed by atoms with Crippen LogP contribution in [0.1, 0.15) is 39.0 Å². The third kappa shape index (κ3) is 5.15. The van der Waals surface area contributed by atoms with Crippen molar-refractivity contribution in [2.24, 2.45) is 5.92 Å². The molecule has 0 aromatic rings. The van der Waals surface area contributed by atoms with Gasteiger partial charge in [0.15, 0.2) is 9.84 Å². The third-order valence-electron chi connectivity index (χ3n) is 4.55. The number of sulfone groups is 1. The van der Waals surface area contributed by atoms with E-state index in [9.17, 15) is 21.6 Å². The molecule has 23 heavy (non-hydrogen) atoms. The third-order valence-corrected chi connectivity index (χ3v) is 8.28. The average molecular weight is 367 g/mol. The van der Waals surface area contributed by atoms with Crippen molar-refractivity contribution < 1.29 is 21.6 Å². The Morgan fingerprint density at radius 1 is 1.22 bits per heavy atom. The summed E-state index contributed by atoms with van der Waals surface area (Å²) in [6, 6.07) is -0.293. The van der Waals surface area contributed by atoms with Gasteiger partial charge in [0, 0.05) is 25.0 Å². The van der Waals surface area contributed by atoms with Crippen LogP contribution >= 0.6 is 0 Å². The maximum atomic E-state index is 12.2. The van der Waals surface area contributed by atoms with E-state index in [1.54, 1.807) is 0 Å². The molecule has 0 aromatic carbocycles. The van der Waals surface area contributed by atoms with E-state index in [1.165, 1.54) is 4.31 Å². The number of carbonyl (C=O) groups excluding carboxylic acids is 1. The Morgan fingerprint density at radius 3 is 2.39 bits per heavy atom. The van der Waals surface area contributed by atoms with E-state index in [-0.39, 0.29) is 35.1 Å². The van der Waals surface area contributed by atoms with Crippen LogP contribution in [0, 0.1) is 5.92 Å². The number of carbonyl (C=O) groups is 1. The predicted octanol–water partition coefficient (Wildman–Crippen LogP) is 0.132. The predicted molar refractivity (Wildman–Crippen MR) is 88.2 cm³/mol. The topological polar surface area (TPSA) is 101 Å². The summed E-state index contributed by atoms with van der Waals surface area (Å²) in [5.41, 5.74) is 0. The fraction of sp³-hybridized carbons (Fsp3) is 0.929. The van der Waals surface area contributed by atoms with E-state index in [0.717, 1.165) is 6.42 Å². The van der Waals surface area contributed by atoms with Gasteiger partial charge in [-0.3, -0.25) is 4.79 Å². The number of sulfonamides is 1. The van der Waals surface area contributed by atoms with Crippen LogP contribution in [0.3, 0.4) is 0 Å². The molecule has 0 spiro atoms. The van der Waals surface area contributed by atoms with Crippen LogP contribution in [0.25, 0.3) is 0 Å². The summed E-state index contributed by atoms with van der Waals surface area (Å²) in [6.45, 7) is 2.69. The van der Waals surface area contributed by atoms with Gasteiger partial charge in [0.2, 0.25) is 15.9 Å². The minimum atomic E-state index is -3.21. The highest BCUT2D eigenvalue weighted by atomic mass is 32.2. The molecule has 2 aliphatic heterocycles. The molecule has 0 aromatic heterocycles. The molecule has 7 nitrogen and oxygen atoms in total. The van der Waals surface area contributed by atoms with Gasteiger partial charge >= 0.3 is 0 Å². The second-order valence-corrected chi connectivity index (χ2v) is 10.8. The largest absolute Gasteiger partial charge is 0.352 e. The van der Waals surface area contributed by atoms with Crippen molar-refractivity contribution in [3.05, 3.63) is 0 Å². The Bertz CT molecular complexity index is 622. The number of amides is 1. The number of piperidine rings is 1. The molecule has 0 radical (unpaired) electrons. The lowest BCUT2D eigenvalue weighted by atomic mass is 9.97. The number of unbranched alkanes of at least 4 members (excludes halogenated alkanes) is 1. The van der Waals surface area contributed by atoms with Gasteiger partial charge in [-0.05, 0) is 25.7 Å². The van der Waals surface area contributed by atoms with Crippen molar-refractivity contribution in [2.75, 3.05) is 30.3 Å². The Hall–Kier alpha value is -0.670. The molecule has 2 aliphatic rings. The van der Waals surface area contributed by atoms with Gasteiger partial charge in [0.25, 0.3) is 0 Å². The number of rotatable bonds is 6. The lowest BCUT2D eigenvalue weighted by Gasteiger charge is -2.31. The number of nitrogens with zero attached hydrogens (tertiary/aromatic N) is 1. The summed E-state index contributed by atoms with van der Waals surface area (Å²) >= 11 is 0. The van der Waals surface area contributed by atoms with Gasteiger partial charge in [-0.15, -0.1) is 0 Å². The number of hydrogen-bond acceptors (Lipinski definition) is 5. The van der Waals surface area contributed by atoms with Gasteiger partial charge in [-0.1, -0.05) is 13.3 Å². The molecule has 2 saturated heterocycles. The molecule has 1 amide bonds. The molecular weight excluding hydrogens is 340 g/mol. The van der Waals surface area contributed by atoms with Gasteiger partial charge in [-0.25, -0.2) is 21.1 Å². The van der Waals surface area contributed by atoms with Crippen molar-refractivity contribution in [1.82, 2.24) is 9.62 Å². The summed E-state index contributed by atoms with van der Waals surface area (Å²) in [6.07, 6.45) is 2.95. The fourth-order valence-corrected chi connectivity index (χ4v) is 6.43. The summed E-state index contributed by atoms with van der Waals surface area (Å²) in [7, 11) is -6.22. The highest BCUT2D eigenvalue weighted by molar-refractivity contribution is 7.91. The Balaban J connectivity index is 1.81. The van der Waals surface area contributed by atoms with Gasteiger partial charge in [0.05, 0.1) is 17.3 Å². The highest BCUT2D eigenvalue weighted by Gasteiger charge is 2.34. The van der Waals surface area contributed by atoms with Crippen LogP contribution in [0.4, 0.5) is 0 Å². The minimum absolute atomic E-state index is 0.0168. The summed E-state index contributed by atoms with van der Waals surface area (Å²) < 4.78 is 48.6. The van der Waals surface area contributed by atoms with Crippen LogP contribution < -0.4 is 5.32 Å². The number of nitrogens with one attached hydrogen (secondary N) is 1. The Labute approximate surface area is 138 Å². The van der Waals surface area contributed by atoms with Crippen molar-refractivity contribution in [3.8, 4) is 0 Å². The summed E-state index contributed by atoms with van der Waals surface area (Å²) in [4.78, 5) is 12.2. The van der Waals surface area contributed by atoms with Crippen molar-refractivity contribution in [2.45, 2.75) is 45.1 Å². The molecule has 0 bridgehead atoms. The zero-order valence-electron chi connectivity index (χ0n) is 13.5. The molecule has 1 N–H and O–H groups in total. The Kier molecular flexibility index (Phi) is 6.07. The van der Waals surface area contributed by atoms with Crippen LogP contribution in [0.5, 0.6) is 0 Å². The van der Waals surface area contributed by atoms with E-state index in [4.69, 9.17) is 0 Å². The average Bonchev–Trinajstić information content (AvgIpc) is 2.84. The zero-order chi connectivity index (χ0) is 17.1. The molecule has 1 unspecified atom stereocenters. The zero-order valence-corrected chi connectivity index (χ0v) is 15.2. The smallest absolute Gasteiger partial charge is 0.223 e. The quantitative estimate of drug-likeness (QED) is 0.720. The first-order valence-corrected chi connectivity index (χ1v) is 11.6. The van der Waals surface area contributed by atoms with E-state index in [2.05, 4.69) is 5.32 Å². The molecule has 0 saturated carbocycles. The molecule has 134 valence electrons. The van der Waals surface area contributed by atoms with Crippen molar-refractivity contribution >= 4 is 25.8 Å². The fourth-order valence-electron chi connectivity index (χ4n) is 3.08. The van der Waals surface area contributed by atoms with Crippen LogP contribution in [-0.4, -0.2) is 63.4 Å². The molecular formula is C14H26N2O5S2. The second kappa shape index (κ2) is 7.48. The number of hydrogen-bond donors (Lipinski definition) is 1. The molecule has 1 atom stereocenters. The standard InChI is InChI=1S/C14H26N2O5S2/c1-2-3-9-23(20,21)16-7-4-12(5-8-16)14(17)15-13-6-10-22(18,19)11-13/h12-13H,2-11H2,1H3,(H,15,17). The molecule has 2 fully saturated rings. The van der Waals surface area contributed by atoms with Crippen LogP contribution in [-0.2, 0) is 24.7 Å². The first-order chi connectivity index (χ1) is 10.7. The second-order valence-electron chi connectivity index (χ2n) is 6.45. The highest BCUT2D eigenvalue weighted by Crippen LogP contribution is 2.21. The van der Waals surface area contributed by atoms with Gasteiger partial charge < -0.3 is 5.32 Å². The minimum Gasteiger partial charge on any atom is -0.352 e. The van der Waals surface area contributed by atoms with Crippen LogP contribution in [0.2, 0.25) is 0 Å². The molecule has 2 rings (SSSR count). The normalized spacial score (nSPS) is 26.2. The van der Waals surface area contributed by atoms with Gasteiger partial charge in [0.1, 0.15) is 0 Å². The van der Waals surface area contributed by atoms with Crippen molar-refractivity contribution in [3.63, 3.8) is 0 Å². The van der Waals surface area contributed by atoms with Crippen molar-refractivity contribution in [1.29, 1.82) is 0 Å². The lowest BCUT2D eigenvalue weighted by Crippen LogP contribution is -2.46. The molecule has 0 aliphatic carbocycles. The maximum Gasteiger partial charge on any atom is 0.223 e. The monoisotopic (exact) mass is 366 g/mol. The summed E-state index contributed by atoms with van der Waals surface area (Å²) in [5.74, 6) is -0.0522. The lowest BCUT2D eigenvalue weighted by molar-refractivity contribution is -0.126. The van der Waals surface area contributed by atoms with E-state index < -0.39 is 19.9 Å². The Morgan fingerprint density at radius 2 is 1.87 bits per heavy atom.